The van der Waals surface area contributed by atoms with Crippen molar-refractivity contribution in [2.45, 2.75) is 26.2 Å². The highest BCUT2D eigenvalue weighted by Gasteiger charge is 2.35. The van der Waals surface area contributed by atoms with Crippen molar-refractivity contribution in [3.63, 3.8) is 0 Å². The molecule has 2 amide bonds. The van der Waals surface area contributed by atoms with Gasteiger partial charge in [-0.3, -0.25) is 9.59 Å². The van der Waals surface area contributed by atoms with Crippen molar-refractivity contribution >= 4 is 39.1 Å². The van der Waals surface area contributed by atoms with Gasteiger partial charge in [-0.05, 0) is 55.0 Å². The molecule has 1 heterocycles. The third kappa shape index (κ3) is 5.10. The number of unbranched alkanes of at least 4 members (excludes halogenated alkanes) is 1. The van der Waals surface area contributed by atoms with Crippen molar-refractivity contribution in [3.05, 3.63) is 53.0 Å². The van der Waals surface area contributed by atoms with Gasteiger partial charge in [0.25, 0.3) is 0 Å². The van der Waals surface area contributed by atoms with Crippen LogP contribution in [0.1, 0.15) is 26.2 Å². The van der Waals surface area contributed by atoms with Crippen LogP contribution in [0.3, 0.4) is 0 Å². The van der Waals surface area contributed by atoms with Crippen LogP contribution in [0, 0.1) is 5.92 Å². The first-order chi connectivity index (χ1) is 13.1. The fraction of sp³-hybridized carbons (Fsp3) is 0.333. The number of ether oxygens (including phenoxy) is 1. The quantitative estimate of drug-likeness (QED) is 0.651. The summed E-state index contributed by atoms with van der Waals surface area (Å²) in [6, 6.07) is 14.9. The summed E-state index contributed by atoms with van der Waals surface area (Å²) in [5, 5.41) is 2.90. The average Bonchev–Trinajstić information content (AvgIpc) is 3.06. The van der Waals surface area contributed by atoms with E-state index in [0.717, 1.165) is 28.8 Å². The predicted octanol–water partition coefficient (Wildman–Crippen LogP) is 4.62. The molecule has 0 aromatic heterocycles. The Morgan fingerprint density at radius 2 is 1.89 bits per heavy atom. The summed E-state index contributed by atoms with van der Waals surface area (Å²) >= 11 is 3.39. The smallest absolute Gasteiger partial charge is 0.229 e. The van der Waals surface area contributed by atoms with Crippen molar-refractivity contribution in [2.24, 2.45) is 5.92 Å². The van der Waals surface area contributed by atoms with Gasteiger partial charge in [-0.1, -0.05) is 29.3 Å². The molecule has 1 unspecified atom stereocenters. The Morgan fingerprint density at radius 3 is 2.56 bits per heavy atom. The number of benzene rings is 2. The zero-order valence-corrected chi connectivity index (χ0v) is 16.9. The largest absolute Gasteiger partial charge is 0.494 e. The number of carbonyl (C=O) groups is 2. The van der Waals surface area contributed by atoms with E-state index in [2.05, 4.69) is 28.2 Å². The highest BCUT2D eigenvalue weighted by atomic mass is 79.9. The molecule has 0 bridgehead atoms. The number of carbonyl (C=O) groups excluding carboxylic acids is 2. The minimum Gasteiger partial charge on any atom is -0.494 e. The van der Waals surface area contributed by atoms with Crippen LogP contribution in [-0.2, 0) is 9.59 Å². The molecule has 3 rings (SSSR count). The second-order valence-corrected chi connectivity index (χ2v) is 7.51. The van der Waals surface area contributed by atoms with Crippen molar-refractivity contribution in [1.82, 2.24) is 0 Å². The van der Waals surface area contributed by atoms with Gasteiger partial charge in [0, 0.05) is 28.8 Å². The molecule has 0 spiro atoms. The molecule has 2 aromatic rings. The topological polar surface area (TPSA) is 58.6 Å². The van der Waals surface area contributed by atoms with E-state index in [4.69, 9.17) is 4.74 Å². The maximum atomic E-state index is 12.6. The van der Waals surface area contributed by atoms with E-state index in [-0.39, 0.29) is 24.2 Å². The Bertz CT molecular complexity index is 790. The molecule has 1 aliphatic rings. The number of nitrogens with zero attached hydrogens (tertiary/aromatic N) is 1. The number of rotatable bonds is 7. The van der Waals surface area contributed by atoms with E-state index in [1.54, 1.807) is 4.90 Å². The minimum atomic E-state index is -0.360. The lowest BCUT2D eigenvalue weighted by Gasteiger charge is -2.17. The monoisotopic (exact) mass is 430 g/mol. The van der Waals surface area contributed by atoms with Gasteiger partial charge in [-0.25, -0.2) is 0 Å². The van der Waals surface area contributed by atoms with E-state index in [1.807, 2.05) is 48.5 Å². The van der Waals surface area contributed by atoms with Crippen LogP contribution in [0.2, 0.25) is 0 Å². The standard InChI is InChI=1S/C21H23BrN2O3/c1-2-3-12-27-19-10-6-17(7-11-19)23-21(26)15-13-20(25)24(14-15)18-8-4-16(22)5-9-18/h4-11,15H,2-3,12-14H2,1H3,(H,23,26). The van der Waals surface area contributed by atoms with E-state index < -0.39 is 0 Å². The Kier molecular flexibility index (Phi) is 6.50. The fourth-order valence-corrected chi connectivity index (χ4v) is 3.23. The molecule has 1 saturated heterocycles. The Hall–Kier alpha value is -2.34. The summed E-state index contributed by atoms with van der Waals surface area (Å²) in [6.45, 7) is 3.20. The molecule has 2 aromatic carbocycles. The molecule has 27 heavy (non-hydrogen) atoms. The number of anilines is 2. The van der Waals surface area contributed by atoms with E-state index in [9.17, 15) is 9.59 Å². The van der Waals surface area contributed by atoms with Crippen LogP contribution in [0.5, 0.6) is 5.75 Å². The SMILES string of the molecule is CCCCOc1ccc(NC(=O)C2CC(=O)N(c3ccc(Br)cc3)C2)cc1. The van der Waals surface area contributed by atoms with Crippen LogP contribution in [0.25, 0.3) is 0 Å². The molecular formula is C21H23BrN2O3. The summed E-state index contributed by atoms with van der Waals surface area (Å²) in [5.74, 6) is 0.264. The van der Waals surface area contributed by atoms with E-state index in [1.165, 1.54) is 0 Å². The molecule has 6 heteroatoms. The third-order valence-corrected chi connectivity index (χ3v) is 5.05. The molecule has 0 radical (unpaired) electrons. The summed E-state index contributed by atoms with van der Waals surface area (Å²) in [6.07, 6.45) is 2.33. The summed E-state index contributed by atoms with van der Waals surface area (Å²) in [5.41, 5.74) is 1.52. The third-order valence-electron chi connectivity index (χ3n) is 4.52. The fourth-order valence-electron chi connectivity index (χ4n) is 2.97. The predicted molar refractivity (Wildman–Crippen MR) is 110 cm³/mol. The summed E-state index contributed by atoms with van der Waals surface area (Å²) in [7, 11) is 0. The van der Waals surface area contributed by atoms with Gasteiger partial charge in [0.2, 0.25) is 11.8 Å². The second kappa shape index (κ2) is 9.04. The molecule has 1 N–H and O–H groups in total. The zero-order valence-electron chi connectivity index (χ0n) is 15.3. The number of hydrogen-bond donors (Lipinski definition) is 1. The van der Waals surface area contributed by atoms with Gasteiger partial charge >= 0.3 is 0 Å². The van der Waals surface area contributed by atoms with Crippen LogP contribution in [-0.4, -0.2) is 25.0 Å². The van der Waals surface area contributed by atoms with Gasteiger partial charge < -0.3 is 15.0 Å². The molecule has 1 atom stereocenters. The first-order valence-electron chi connectivity index (χ1n) is 9.16. The van der Waals surface area contributed by atoms with Crippen LogP contribution >= 0.6 is 15.9 Å². The highest BCUT2D eigenvalue weighted by Crippen LogP contribution is 2.27. The lowest BCUT2D eigenvalue weighted by Crippen LogP contribution is -2.28. The summed E-state index contributed by atoms with van der Waals surface area (Å²) in [4.78, 5) is 26.5. The normalized spacial score (nSPS) is 16.4. The van der Waals surface area contributed by atoms with Crippen LogP contribution < -0.4 is 15.0 Å². The van der Waals surface area contributed by atoms with Crippen LogP contribution in [0.15, 0.2) is 53.0 Å². The molecule has 0 saturated carbocycles. The van der Waals surface area contributed by atoms with E-state index in [0.29, 0.717) is 18.8 Å². The van der Waals surface area contributed by atoms with Gasteiger partial charge in [-0.15, -0.1) is 0 Å². The Balaban J connectivity index is 1.57. The summed E-state index contributed by atoms with van der Waals surface area (Å²) < 4.78 is 6.58. The van der Waals surface area contributed by atoms with Gasteiger partial charge in [0.1, 0.15) is 5.75 Å². The van der Waals surface area contributed by atoms with Gasteiger partial charge in [0.15, 0.2) is 0 Å². The minimum absolute atomic E-state index is 0.0304. The molecule has 142 valence electrons. The molecule has 1 fully saturated rings. The number of amides is 2. The Morgan fingerprint density at radius 1 is 1.19 bits per heavy atom. The number of nitrogens with one attached hydrogen (secondary N) is 1. The molecule has 1 aliphatic heterocycles. The van der Waals surface area contributed by atoms with Crippen LogP contribution in [0.4, 0.5) is 11.4 Å². The van der Waals surface area contributed by atoms with Crippen molar-refractivity contribution < 1.29 is 14.3 Å². The van der Waals surface area contributed by atoms with E-state index >= 15 is 0 Å². The first-order valence-corrected chi connectivity index (χ1v) is 9.96. The number of halogens is 1. The highest BCUT2D eigenvalue weighted by molar-refractivity contribution is 9.10. The maximum Gasteiger partial charge on any atom is 0.229 e. The average molecular weight is 431 g/mol. The van der Waals surface area contributed by atoms with Gasteiger partial charge in [-0.2, -0.15) is 0 Å². The molecule has 0 aliphatic carbocycles. The molecular weight excluding hydrogens is 408 g/mol. The van der Waals surface area contributed by atoms with Crippen molar-refractivity contribution in [2.75, 3.05) is 23.4 Å². The molecule has 5 nitrogen and oxygen atoms in total. The zero-order chi connectivity index (χ0) is 19.2. The van der Waals surface area contributed by atoms with Crippen molar-refractivity contribution in [1.29, 1.82) is 0 Å². The van der Waals surface area contributed by atoms with Crippen molar-refractivity contribution in [3.8, 4) is 5.75 Å². The first kappa shape index (κ1) is 19.4. The lowest BCUT2D eigenvalue weighted by atomic mass is 10.1. The maximum absolute atomic E-state index is 12.6. The second-order valence-electron chi connectivity index (χ2n) is 6.60. The Labute approximate surface area is 167 Å². The number of hydrogen-bond acceptors (Lipinski definition) is 3. The van der Waals surface area contributed by atoms with Gasteiger partial charge in [0.05, 0.1) is 12.5 Å². The lowest BCUT2D eigenvalue weighted by molar-refractivity contribution is -0.122.